The van der Waals surface area contributed by atoms with Crippen molar-refractivity contribution in [3.63, 3.8) is 0 Å². The largest absolute Gasteiger partial charge is 0.507 e. The number of anilines is 1. The molecule has 0 unspecified atom stereocenters. The lowest BCUT2D eigenvalue weighted by Crippen LogP contribution is -2.26. The highest BCUT2D eigenvalue weighted by Gasteiger charge is 2.14. The molecular weight excluding hydrogens is 325 g/mol. The fourth-order valence-electron chi connectivity index (χ4n) is 1.14. The summed E-state index contributed by atoms with van der Waals surface area (Å²) in [5.74, 6) is -1.67. The number of carboxylic acid groups (broad SMARTS) is 1. The zero-order chi connectivity index (χ0) is 12.3. The first kappa shape index (κ1) is 12.8. The Labute approximate surface area is 106 Å². The zero-order valence-corrected chi connectivity index (χ0v) is 10.6. The van der Waals surface area contributed by atoms with Crippen molar-refractivity contribution in [1.82, 2.24) is 0 Å². The summed E-state index contributed by atoms with van der Waals surface area (Å²) in [6.45, 7) is 0. The van der Waals surface area contributed by atoms with Crippen LogP contribution in [0.3, 0.4) is 0 Å². The van der Waals surface area contributed by atoms with Crippen molar-refractivity contribution < 1.29 is 19.8 Å². The molecule has 0 atom stereocenters. The Kier molecular flexibility index (Phi) is 4.11. The second-order valence-corrected chi connectivity index (χ2v) is 3.86. The van der Waals surface area contributed by atoms with Gasteiger partial charge in [0, 0.05) is 18.8 Å². The van der Waals surface area contributed by atoms with E-state index >= 15 is 0 Å². The van der Waals surface area contributed by atoms with Gasteiger partial charge in [-0.25, -0.2) is 4.79 Å². The highest BCUT2D eigenvalue weighted by Crippen LogP contribution is 2.24. The molecule has 0 aliphatic carbocycles. The lowest BCUT2D eigenvalue weighted by atomic mass is 10.1. The summed E-state index contributed by atoms with van der Waals surface area (Å²) < 4.78 is 0.315. The molecule has 16 heavy (non-hydrogen) atoms. The van der Waals surface area contributed by atoms with Gasteiger partial charge in [-0.1, -0.05) is 22.6 Å². The molecule has 1 amide bonds. The number of hydrogen-bond donors (Lipinski definition) is 2. The Morgan fingerprint density at radius 2 is 2.06 bits per heavy atom. The van der Waals surface area contributed by atoms with E-state index in [9.17, 15) is 14.7 Å². The minimum Gasteiger partial charge on any atom is -0.507 e. The zero-order valence-electron chi connectivity index (χ0n) is 8.48. The minimum absolute atomic E-state index is 0.122. The van der Waals surface area contributed by atoms with Crippen molar-refractivity contribution >= 4 is 40.2 Å². The van der Waals surface area contributed by atoms with Crippen LogP contribution in [0.1, 0.15) is 10.4 Å². The average Bonchev–Trinajstić information content (AvgIpc) is 2.26. The molecular formula is C10H10INO4. The first-order valence-corrected chi connectivity index (χ1v) is 5.88. The van der Waals surface area contributed by atoms with Gasteiger partial charge in [0.05, 0.1) is 4.43 Å². The number of nitrogens with zero attached hydrogens (tertiary/aromatic N) is 1. The fraction of sp³-hybridized carbons (Fsp3) is 0.200. The maximum absolute atomic E-state index is 11.4. The molecule has 0 saturated heterocycles. The van der Waals surface area contributed by atoms with Gasteiger partial charge in [0.2, 0.25) is 5.91 Å². The average molecular weight is 335 g/mol. The van der Waals surface area contributed by atoms with E-state index in [-0.39, 0.29) is 17.2 Å². The molecule has 0 aliphatic heterocycles. The lowest BCUT2D eigenvalue weighted by molar-refractivity contribution is -0.115. The minimum atomic E-state index is -1.20. The lowest BCUT2D eigenvalue weighted by Gasteiger charge is -2.16. The number of carboxylic acids is 1. The van der Waals surface area contributed by atoms with E-state index in [1.807, 2.05) is 22.6 Å². The monoisotopic (exact) mass is 335 g/mol. The summed E-state index contributed by atoms with van der Waals surface area (Å²) in [6, 6.07) is 4.00. The number of aromatic carboxylic acids is 1. The molecule has 86 valence electrons. The molecule has 6 heteroatoms. The summed E-state index contributed by atoms with van der Waals surface area (Å²) in [5.41, 5.74) is 0.281. The van der Waals surface area contributed by atoms with Gasteiger partial charge in [0.25, 0.3) is 0 Å². The third-order valence-corrected chi connectivity index (χ3v) is 2.74. The number of rotatable bonds is 3. The number of carbonyl (C=O) groups is 2. The third-order valence-electron chi connectivity index (χ3n) is 2.09. The summed E-state index contributed by atoms with van der Waals surface area (Å²) >= 11 is 1.93. The molecule has 0 saturated carbocycles. The molecule has 0 aliphatic rings. The first-order valence-electron chi connectivity index (χ1n) is 4.36. The predicted octanol–water partition coefficient (Wildman–Crippen LogP) is 1.49. The van der Waals surface area contributed by atoms with Gasteiger partial charge < -0.3 is 15.1 Å². The predicted molar refractivity (Wildman–Crippen MR) is 67.4 cm³/mol. The van der Waals surface area contributed by atoms with Crippen LogP contribution in [-0.2, 0) is 4.79 Å². The summed E-state index contributed by atoms with van der Waals surface area (Å²) in [7, 11) is 1.57. The third kappa shape index (κ3) is 2.63. The smallest absolute Gasteiger partial charge is 0.339 e. The standard InChI is InChI=1S/C10H10INO4/c1-12(9(14)5-11)6-2-3-7(10(15)16)8(13)4-6/h2-4,13H,5H2,1H3,(H,15,16). The first-order chi connectivity index (χ1) is 7.47. The number of alkyl halides is 1. The van der Waals surface area contributed by atoms with Crippen LogP contribution in [0.15, 0.2) is 18.2 Å². The molecule has 1 aromatic rings. The van der Waals surface area contributed by atoms with E-state index in [2.05, 4.69) is 0 Å². The van der Waals surface area contributed by atoms with Gasteiger partial charge in [0.1, 0.15) is 11.3 Å². The Hall–Kier alpha value is -1.31. The van der Waals surface area contributed by atoms with Crippen LogP contribution in [0, 0.1) is 0 Å². The van der Waals surface area contributed by atoms with E-state index in [0.717, 1.165) is 0 Å². The van der Waals surface area contributed by atoms with Crippen LogP contribution in [0.25, 0.3) is 0 Å². The highest BCUT2D eigenvalue weighted by molar-refractivity contribution is 14.1. The quantitative estimate of drug-likeness (QED) is 0.648. The normalized spacial score (nSPS) is 9.88. The molecule has 0 heterocycles. The number of hydrogen-bond acceptors (Lipinski definition) is 3. The van der Waals surface area contributed by atoms with Crippen molar-refractivity contribution in [2.45, 2.75) is 0 Å². The fourth-order valence-corrected chi connectivity index (χ4v) is 1.65. The molecule has 0 spiro atoms. The second-order valence-electron chi connectivity index (χ2n) is 3.09. The van der Waals surface area contributed by atoms with Gasteiger partial charge in [-0.3, -0.25) is 4.79 Å². The number of amides is 1. The summed E-state index contributed by atoms with van der Waals surface area (Å²) in [5, 5.41) is 18.2. The molecule has 0 bridgehead atoms. The van der Waals surface area contributed by atoms with E-state index in [1.165, 1.54) is 23.1 Å². The highest BCUT2D eigenvalue weighted by atomic mass is 127. The molecule has 2 N–H and O–H groups in total. The molecule has 0 fully saturated rings. The topological polar surface area (TPSA) is 77.8 Å². The van der Waals surface area contributed by atoms with Crippen molar-refractivity contribution in [3.05, 3.63) is 23.8 Å². The van der Waals surface area contributed by atoms with Crippen molar-refractivity contribution in [2.24, 2.45) is 0 Å². The van der Waals surface area contributed by atoms with Crippen molar-refractivity contribution in [2.75, 3.05) is 16.4 Å². The van der Waals surface area contributed by atoms with Crippen LogP contribution in [0.4, 0.5) is 5.69 Å². The number of carbonyl (C=O) groups excluding carboxylic acids is 1. The van der Waals surface area contributed by atoms with Gasteiger partial charge in [0.15, 0.2) is 0 Å². The van der Waals surface area contributed by atoms with Crippen LogP contribution in [0.2, 0.25) is 0 Å². The maximum Gasteiger partial charge on any atom is 0.339 e. The number of halogens is 1. The summed E-state index contributed by atoms with van der Waals surface area (Å²) in [4.78, 5) is 23.4. The maximum atomic E-state index is 11.4. The van der Waals surface area contributed by atoms with Gasteiger partial charge >= 0.3 is 5.97 Å². The van der Waals surface area contributed by atoms with Crippen LogP contribution >= 0.6 is 22.6 Å². The summed E-state index contributed by atoms with van der Waals surface area (Å²) in [6.07, 6.45) is 0. The SMILES string of the molecule is CN(C(=O)CI)c1ccc(C(=O)O)c(O)c1. The van der Waals surface area contributed by atoms with Crippen LogP contribution in [0.5, 0.6) is 5.75 Å². The van der Waals surface area contributed by atoms with Crippen LogP contribution in [-0.4, -0.2) is 33.6 Å². The van der Waals surface area contributed by atoms with E-state index in [1.54, 1.807) is 7.05 Å². The van der Waals surface area contributed by atoms with E-state index in [0.29, 0.717) is 10.1 Å². The van der Waals surface area contributed by atoms with Crippen molar-refractivity contribution in [1.29, 1.82) is 0 Å². The van der Waals surface area contributed by atoms with E-state index < -0.39 is 5.97 Å². The molecule has 1 rings (SSSR count). The number of aromatic hydroxyl groups is 1. The van der Waals surface area contributed by atoms with Crippen molar-refractivity contribution in [3.8, 4) is 5.75 Å². The molecule has 0 radical (unpaired) electrons. The Balaban J connectivity index is 3.06. The van der Waals surface area contributed by atoms with Crippen LogP contribution < -0.4 is 4.90 Å². The van der Waals surface area contributed by atoms with Gasteiger partial charge in [-0.15, -0.1) is 0 Å². The van der Waals surface area contributed by atoms with Gasteiger partial charge in [-0.2, -0.15) is 0 Å². The number of phenols is 1. The Bertz CT molecular complexity index is 433. The molecule has 5 nitrogen and oxygen atoms in total. The molecule has 0 aromatic heterocycles. The second kappa shape index (κ2) is 5.15. The van der Waals surface area contributed by atoms with Gasteiger partial charge in [-0.05, 0) is 12.1 Å². The number of benzene rings is 1. The Morgan fingerprint density at radius 3 is 2.50 bits per heavy atom. The molecule has 1 aromatic carbocycles. The van der Waals surface area contributed by atoms with E-state index in [4.69, 9.17) is 5.11 Å². The Morgan fingerprint density at radius 1 is 1.44 bits per heavy atom.